The van der Waals surface area contributed by atoms with E-state index in [0.29, 0.717) is 37.7 Å². The quantitative estimate of drug-likeness (QED) is 0.0202. The third-order valence-corrected chi connectivity index (χ3v) is 12.7. The van der Waals surface area contributed by atoms with Gasteiger partial charge in [0.05, 0.1) is 0 Å². The van der Waals surface area contributed by atoms with Crippen LogP contribution in [0.15, 0.2) is 29.4 Å². The fourth-order valence-electron chi connectivity index (χ4n) is 8.28. The van der Waals surface area contributed by atoms with E-state index in [9.17, 15) is 58.2 Å². The fraction of sp³-hybridized carbons (Fsp3) is 0.680. The molecule has 1 aliphatic rings. The van der Waals surface area contributed by atoms with Crippen molar-refractivity contribution >= 4 is 59.1 Å². The molecule has 25 heteroatoms. The molecule has 9 amide bonds. The van der Waals surface area contributed by atoms with Gasteiger partial charge in [-0.3, -0.25) is 47.9 Å². The SMILES string of the molecule is CC[C@H](C)[C@H](NC(C)=O)C(=O)N[C@@H](CC(C)C)C(=O)N[C@@H](CCCCN)C(=O)N[C@@H](CCC(=O)O)C(=O)N1CCC[C@H]1C(=O)N[C@H](C(=O)N[C@@H](Cc1ccc(O)cc1)C(=O)N[C@@H](C)C(=O)NCCCN=[N+]=[N-])C(C)C. The minimum Gasteiger partial charge on any atom is -0.508 e. The monoisotopic (exact) mass is 1060 g/mol. The maximum Gasteiger partial charge on any atom is 0.303 e. The van der Waals surface area contributed by atoms with Gasteiger partial charge in [0.15, 0.2) is 0 Å². The Labute approximate surface area is 438 Å². The molecule has 1 heterocycles. The number of nitrogens with one attached hydrogen (secondary N) is 8. The van der Waals surface area contributed by atoms with Gasteiger partial charge < -0.3 is 63.4 Å². The minimum atomic E-state index is -1.48. The van der Waals surface area contributed by atoms with E-state index in [0.717, 1.165) is 0 Å². The third-order valence-electron chi connectivity index (χ3n) is 12.7. The zero-order valence-corrected chi connectivity index (χ0v) is 44.6. The van der Waals surface area contributed by atoms with Crippen LogP contribution in [0.2, 0.25) is 0 Å². The average Bonchev–Trinajstić information content (AvgIpc) is 3.85. The fourth-order valence-corrected chi connectivity index (χ4v) is 8.28. The lowest BCUT2D eigenvalue weighted by molar-refractivity contribution is -0.144. The molecule has 75 heavy (non-hydrogen) atoms. The molecule has 12 N–H and O–H groups in total. The van der Waals surface area contributed by atoms with Crippen LogP contribution in [0.25, 0.3) is 10.4 Å². The van der Waals surface area contributed by atoms with E-state index < -0.39 is 120 Å². The number of nitrogens with two attached hydrogens (primary N) is 1. The summed E-state index contributed by atoms with van der Waals surface area (Å²) in [5.74, 6) is -8.37. The summed E-state index contributed by atoms with van der Waals surface area (Å²) < 4.78 is 0. The van der Waals surface area contributed by atoms with E-state index in [4.69, 9.17) is 11.3 Å². The summed E-state index contributed by atoms with van der Waals surface area (Å²) in [7, 11) is 0. The van der Waals surface area contributed by atoms with Gasteiger partial charge in [0.25, 0.3) is 0 Å². The molecular formula is C50H81N13O12. The molecule has 0 bridgehead atoms. The summed E-state index contributed by atoms with van der Waals surface area (Å²) in [5.41, 5.74) is 14.8. The number of likely N-dealkylation sites (tertiary alicyclic amines) is 1. The number of carbonyl (C=O) groups excluding carboxylic acids is 9. The molecule has 0 spiro atoms. The van der Waals surface area contributed by atoms with E-state index in [2.05, 4.69) is 52.6 Å². The normalized spacial score (nSPS) is 16.3. The highest BCUT2D eigenvalue weighted by molar-refractivity contribution is 5.98. The standard InChI is InChI=1S/C50H81N13O12/c1-9-30(6)42(56-32(8)64)49(74)59-37(26-28(2)3)46(71)57-35(14-10-11-22-51)44(69)58-36(20-21-40(66)67)50(75)63-25-12-15-39(63)47(72)61-41(29(4)5)48(73)60-38(27-33-16-18-34(65)19-17-33)45(70)55-31(7)43(68)53-23-13-24-54-62-52/h16-19,28-31,35-39,41-42,65H,9-15,20-27,51H2,1-8H3,(H,53,68)(H,55,70)(H,56,64)(H,57,71)(H,58,69)(H,59,74)(H,60,73)(H,61,72)(H,66,67)/t30-,31-,35-,36-,37-,38-,39-,41-,42-/m0/s1. The van der Waals surface area contributed by atoms with Crippen molar-refractivity contribution in [3.8, 4) is 5.75 Å². The topological polar surface area (TPSA) is 385 Å². The lowest BCUT2D eigenvalue weighted by Crippen LogP contribution is -2.61. The Hall–Kier alpha value is -7.01. The molecule has 1 saturated heterocycles. The van der Waals surface area contributed by atoms with Crippen molar-refractivity contribution in [3.63, 3.8) is 0 Å². The Morgan fingerprint density at radius 3 is 1.93 bits per heavy atom. The van der Waals surface area contributed by atoms with Gasteiger partial charge >= 0.3 is 5.97 Å². The van der Waals surface area contributed by atoms with Crippen LogP contribution in [0, 0.1) is 17.8 Å². The molecule has 25 nitrogen and oxygen atoms in total. The first-order valence-electron chi connectivity index (χ1n) is 25.8. The Morgan fingerprint density at radius 2 is 1.35 bits per heavy atom. The van der Waals surface area contributed by atoms with E-state index in [1.54, 1.807) is 32.9 Å². The number of carboxylic acids is 1. The molecule has 1 aromatic rings. The third kappa shape index (κ3) is 22.6. The number of aromatic hydroxyl groups is 1. The van der Waals surface area contributed by atoms with E-state index in [1.807, 2.05) is 20.8 Å². The van der Waals surface area contributed by atoms with Crippen molar-refractivity contribution in [1.29, 1.82) is 0 Å². The van der Waals surface area contributed by atoms with E-state index in [-0.39, 0.29) is 75.9 Å². The van der Waals surface area contributed by atoms with Gasteiger partial charge in [-0.05, 0) is 106 Å². The number of aliphatic carboxylic acids is 1. The molecule has 0 unspecified atom stereocenters. The van der Waals surface area contributed by atoms with Crippen LogP contribution >= 0.6 is 0 Å². The number of carboxylic acid groups (broad SMARTS) is 1. The molecule has 0 aromatic heterocycles. The van der Waals surface area contributed by atoms with Crippen molar-refractivity contribution in [3.05, 3.63) is 40.3 Å². The number of rotatable bonds is 33. The van der Waals surface area contributed by atoms with Gasteiger partial charge in [-0.15, -0.1) is 0 Å². The maximum absolute atomic E-state index is 14.5. The first kappa shape index (κ1) is 64.1. The molecule has 0 radical (unpaired) electrons. The zero-order valence-electron chi connectivity index (χ0n) is 44.6. The van der Waals surface area contributed by atoms with Crippen molar-refractivity contribution in [1.82, 2.24) is 47.4 Å². The Balaban J connectivity index is 2.38. The molecular weight excluding hydrogens is 975 g/mol. The summed E-state index contributed by atoms with van der Waals surface area (Å²) in [5, 5.41) is 44.3. The highest BCUT2D eigenvalue weighted by Gasteiger charge is 2.41. The van der Waals surface area contributed by atoms with Crippen molar-refractivity contribution in [2.45, 2.75) is 174 Å². The lowest BCUT2D eigenvalue weighted by Gasteiger charge is -2.32. The number of phenolic OH excluding ortho intramolecular Hbond substituents is 1. The number of amides is 9. The van der Waals surface area contributed by atoms with E-state index >= 15 is 0 Å². The lowest BCUT2D eigenvalue weighted by atomic mass is 9.96. The van der Waals surface area contributed by atoms with Gasteiger partial charge in [-0.25, -0.2) is 0 Å². The molecule has 0 aliphatic carbocycles. The second-order valence-corrected chi connectivity index (χ2v) is 19.8. The molecule has 1 aromatic carbocycles. The van der Waals surface area contributed by atoms with Crippen LogP contribution < -0.4 is 48.3 Å². The summed E-state index contributed by atoms with van der Waals surface area (Å²) in [6.45, 7) is 14.0. The number of benzene rings is 1. The number of hydrogen-bond acceptors (Lipinski definition) is 13. The predicted octanol–water partition coefficient (Wildman–Crippen LogP) is 0.918. The second-order valence-electron chi connectivity index (χ2n) is 19.8. The van der Waals surface area contributed by atoms with Crippen LogP contribution in [-0.2, 0) is 54.4 Å². The van der Waals surface area contributed by atoms with Gasteiger partial charge in [-0.1, -0.05) is 65.2 Å². The van der Waals surface area contributed by atoms with Crippen molar-refractivity contribution in [2.75, 3.05) is 26.2 Å². The molecule has 418 valence electrons. The first-order chi connectivity index (χ1) is 35.4. The van der Waals surface area contributed by atoms with Crippen LogP contribution in [-0.4, -0.2) is 149 Å². The average molecular weight is 1060 g/mol. The van der Waals surface area contributed by atoms with Crippen LogP contribution in [0.3, 0.4) is 0 Å². The van der Waals surface area contributed by atoms with Crippen molar-refractivity contribution in [2.24, 2.45) is 28.6 Å². The number of azide groups is 1. The smallest absolute Gasteiger partial charge is 0.303 e. The highest BCUT2D eigenvalue weighted by Crippen LogP contribution is 2.22. The summed E-state index contributed by atoms with van der Waals surface area (Å²) in [4.78, 5) is 139. The number of unbranched alkanes of at least 4 members (excludes halogenated alkanes) is 1. The Kier molecular flexibility index (Phi) is 28.2. The minimum absolute atomic E-state index is 0.0344. The van der Waals surface area contributed by atoms with Crippen LogP contribution in [0.1, 0.15) is 125 Å². The number of carbonyl (C=O) groups is 10. The van der Waals surface area contributed by atoms with Crippen LogP contribution in [0.4, 0.5) is 0 Å². The van der Waals surface area contributed by atoms with Gasteiger partial charge in [0, 0.05) is 44.3 Å². The van der Waals surface area contributed by atoms with Gasteiger partial charge in [-0.2, -0.15) is 0 Å². The molecule has 9 atom stereocenters. The summed E-state index contributed by atoms with van der Waals surface area (Å²) in [6, 6.07) is -3.72. The molecule has 1 fully saturated rings. The molecule has 2 rings (SSSR count). The van der Waals surface area contributed by atoms with Crippen LogP contribution in [0.5, 0.6) is 5.75 Å². The number of hydrogen-bond donors (Lipinski definition) is 11. The largest absolute Gasteiger partial charge is 0.508 e. The number of phenols is 1. The van der Waals surface area contributed by atoms with Gasteiger partial charge in [0.2, 0.25) is 53.2 Å². The summed E-state index contributed by atoms with van der Waals surface area (Å²) in [6.07, 6.45) is 1.39. The first-order valence-corrected chi connectivity index (χ1v) is 25.8. The van der Waals surface area contributed by atoms with Gasteiger partial charge in [0.1, 0.15) is 54.1 Å². The van der Waals surface area contributed by atoms with Crippen molar-refractivity contribution < 1.29 is 58.2 Å². The molecule has 1 aliphatic heterocycles. The zero-order chi connectivity index (χ0) is 56.4. The number of nitrogens with zero attached hydrogens (tertiary/aromatic N) is 4. The second kappa shape index (κ2) is 33.0. The maximum atomic E-state index is 14.5. The van der Waals surface area contributed by atoms with E-state index in [1.165, 1.54) is 30.9 Å². The predicted molar refractivity (Wildman–Crippen MR) is 277 cm³/mol. The Morgan fingerprint density at radius 1 is 0.747 bits per heavy atom. The summed E-state index contributed by atoms with van der Waals surface area (Å²) >= 11 is 0. The molecule has 0 saturated carbocycles. The Bertz CT molecular complexity index is 2150. The highest BCUT2D eigenvalue weighted by atomic mass is 16.4.